The fourth-order valence-corrected chi connectivity index (χ4v) is 4.94. The molecule has 1 saturated heterocycles. The molecule has 0 saturated carbocycles. The molecule has 1 aromatic carbocycles. The number of amides is 2. The van der Waals surface area contributed by atoms with Crippen LogP contribution in [0, 0.1) is 18.3 Å². The minimum Gasteiger partial charge on any atom is -0.402 e. The van der Waals surface area contributed by atoms with E-state index >= 15 is 0 Å². The summed E-state index contributed by atoms with van der Waals surface area (Å²) in [5.74, 6) is 0.255. The van der Waals surface area contributed by atoms with Crippen molar-refractivity contribution in [2.24, 2.45) is 11.3 Å². The largest absolute Gasteiger partial charge is 0.402 e. The predicted octanol–water partition coefficient (Wildman–Crippen LogP) is 6.04. The van der Waals surface area contributed by atoms with Crippen molar-refractivity contribution in [2.45, 2.75) is 60.2 Å². The van der Waals surface area contributed by atoms with Gasteiger partial charge in [0.2, 0.25) is 13.3 Å². The standard InChI is InChI=1S/C18H18BN4O2S.C11H22O/c1-12-4-3-5-13(8-12)15-11-26-18(21-15)22-16(24)9-20-17(25)14-6-7-23(10-14)19-2;1-4-11(8-12-9-11)7-5-6-10(2)3/h3-8,10-11H,9H2,1-2H3,(H,20,25)(H,21,22,24);10H,4-9H2,1-3H3. The Morgan fingerprint density at radius 3 is 2.66 bits per heavy atom. The maximum absolute atomic E-state index is 12.0. The number of aryl methyl sites for hydroxylation is 1. The molecule has 2 aromatic heterocycles. The molecule has 3 heterocycles. The first-order chi connectivity index (χ1) is 18.2. The van der Waals surface area contributed by atoms with Gasteiger partial charge in [-0.05, 0) is 44.0 Å². The van der Waals surface area contributed by atoms with Crippen LogP contribution in [0.2, 0.25) is 6.82 Å². The zero-order valence-corrected chi connectivity index (χ0v) is 24.1. The topological polar surface area (TPSA) is 85.2 Å². The van der Waals surface area contributed by atoms with E-state index in [4.69, 9.17) is 4.74 Å². The summed E-state index contributed by atoms with van der Waals surface area (Å²) < 4.78 is 7.06. The molecule has 3 aromatic rings. The summed E-state index contributed by atoms with van der Waals surface area (Å²) in [5, 5.41) is 7.72. The third-order valence-electron chi connectivity index (χ3n) is 6.80. The highest BCUT2D eigenvalue weighted by molar-refractivity contribution is 7.14. The molecule has 1 aliphatic heterocycles. The van der Waals surface area contributed by atoms with Gasteiger partial charge in [0.1, 0.15) is 0 Å². The van der Waals surface area contributed by atoms with E-state index in [0.29, 0.717) is 16.1 Å². The van der Waals surface area contributed by atoms with Crippen LogP contribution in [-0.4, -0.2) is 48.4 Å². The second kappa shape index (κ2) is 14.3. The molecule has 2 amide bonds. The molecule has 1 aliphatic rings. The van der Waals surface area contributed by atoms with Crippen LogP contribution in [0.4, 0.5) is 5.13 Å². The van der Waals surface area contributed by atoms with Gasteiger partial charge in [-0.3, -0.25) is 9.59 Å². The molecule has 203 valence electrons. The molecule has 1 radical (unpaired) electrons. The van der Waals surface area contributed by atoms with E-state index in [1.54, 1.807) is 22.9 Å². The Labute approximate surface area is 231 Å². The average Bonchev–Trinajstić information content (AvgIpc) is 3.54. The number of ether oxygens (including phenoxy) is 1. The van der Waals surface area contributed by atoms with E-state index in [1.165, 1.54) is 37.0 Å². The number of anilines is 1. The number of hydrogen-bond acceptors (Lipinski definition) is 5. The SMILES string of the molecule is CCC1(CCCC(C)C)COC1.C[B]n1ccc(C(=O)NCC(=O)Nc2nc(-c3cccc(C)c3)cs2)c1. The Kier molecular flexibility index (Phi) is 11.2. The van der Waals surface area contributed by atoms with Crippen LogP contribution in [0.5, 0.6) is 0 Å². The van der Waals surface area contributed by atoms with Crippen molar-refractivity contribution in [3.05, 3.63) is 59.2 Å². The van der Waals surface area contributed by atoms with Gasteiger partial charge in [-0.1, -0.05) is 64.2 Å². The van der Waals surface area contributed by atoms with Crippen LogP contribution < -0.4 is 10.6 Å². The van der Waals surface area contributed by atoms with Crippen LogP contribution in [0.1, 0.15) is 62.4 Å². The highest BCUT2D eigenvalue weighted by Crippen LogP contribution is 2.36. The van der Waals surface area contributed by atoms with Gasteiger partial charge in [-0.15, -0.1) is 11.3 Å². The minimum atomic E-state index is -0.315. The van der Waals surface area contributed by atoms with E-state index in [2.05, 4.69) is 36.4 Å². The Bertz CT molecular complexity index is 1180. The summed E-state index contributed by atoms with van der Waals surface area (Å²) in [6.07, 6.45) is 8.91. The average molecular weight is 536 g/mol. The molecule has 0 bridgehead atoms. The lowest BCUT2D eigenvalue weighted by Gasteiger charge is -2.41. The second-order valence-corrected chi connectivity index (χ2v) is 11.2. The van der Waals surface area contributed by atoms with Crippen LogP contribution in [0.3, 0.4) is 0 Å². The number of hydrogen-bond donors (Lipinski definition) is 2. The monoisotopic (exact) mass is 535 g/mol. The third-order valence-corrected chi connectivity index (χ3v) is 7.56. The lowest BCUT2D eigenvalue weighted by Crippen LogP contribution is -2.41. The maximum atomic E-state index is 12.0. The Morgan fingerprint density at radius 2 is 2.05 bits per heavy atom. The normalized spacial score (nSPS) is 13.7. The fraction of sp³-hybridized carbons (Fsp3) is 0.483. The van der Waals surface area contributed by atoms with Gasteiger partial charge < -0.3 is 19.8 Å². The molecule has 0 aliphatic carbocycles. The van der Waals surface area contributed by atoms with Crippen LogP contribution in [-0.2, 0) is 9.53 Å². The molecule has 9 heteroatoms. The van der Waals surface area contributed by atoms with Gasteiger partial charge in [0, 0.05) is 22.6 Å². The lowest BCUT2D eigenvalue weighted by atomic mass is 9.78. The van der Waals surface area contributed by atoms with E-state index in [-0.39, 0.29) is 18.4 Å². The van der Waals surface area contributed by atoms with Gasteiger partial charge in [0.05, 0.1) is 31.0 Å². The highest BCUT2D eigenvalue weighted by Gasteiger charge is 2.35. The number of thiazole rings is 1. The number of rotatable bonds is 11. The first kappa shape index (κ1) is 29.6. The summed E-state index contributed by atoms with van der Waals surface area (Å²) in [6, 6.07) is 9.71. The molecule has 4 rings (SSSR count). The molecular formula is C29H40BN4O3S. The molecule has 0 spiro atoms. The van der Waals surface area contributed by atoms with Crippen molar-refractivity contribution >= 4 is 35.7 Å². The summed E-state index contributed by atoms with van der Waals surface area (Å²) in [7, 11) is 1.83. The van der Waals surface area contributed by atoms with Crippen LogP contribution in [0.25, 0.3) is 11.3 Å². The van der Waals surface area contributed by atoms with Crippen molar-refractivity contribution < 1.29 is 14.3 Å². The van der Waals surface area contributed by atoms with E-state index in [0.717, 1.165) is 36.0 Å². The van der Waals surface area contributed by atoms with Gasteiger partial charge in [0.15, 0.2) is 5.13 Å². The third kappa shape index (κ3) is 8.84. The van der Waals surface area contributed by atoms with E-state index < -0.39 is 0 Å². The van der Waals surface area contributed by atoms with Crippen LogP contribution >= 0.6 is 11.3 Å². The summed E-state index contributed by atoms with van der Waals surface area (Å²) in [4.78, 5) is 28.5. The molecule has 0 unspecified atom stereocenters. The number of nitrogens with zero attached hydrogens (tertiary/aromatic N) is 2. The second-order valence-electron chi connectivity index (χ2n) is 10.4. The predicted molar refractivity (Wildman–Crippen MR) is 157 cm³/mol. The zero-order chi connectivity index (χ0) is 27.5. The molecule has 38 heavy (non-hydrogen) atoms. The molecule has 2 N–H and O–H groups in total. The Balaban J connectivity index is 0.000000279. The quantitative estimate of drug-likeness (QED) is 0.293. The van der Waals surface area contributed by atoms with Crippen molar-refractivity contribution in [1.29, 1.82) is 0 Å². The Hall–Kier alpha value is -2.91. The number of carbonyl (C=O) groups is 2. The van der Waals surface area contributed by atoms with Gasteiger partial charge in [-0.2, -0.15) is 0 Å². The fourth-order valence-electron chi connectivity index (χ4n) is 4.20. The lowest BCUT2D eigenvalue weighted by molar-refractivity contribution is -0.120. The number of carbonyl (C=O) groups excluding carboxylic acids is 2. The summed E-state index contributed by atoms with van der Waals surface area (Å²) in [5.41, 5.74) is 4.06. The van der Waals surface area contributed by atoms with Gasteiger partial charge in [0.25, 0.3) is 5.91 Å². The molecular weight excluding hydrogens is 495 g/mol. The number of aromatic nitrogens is 2. The van der Waals surface area contributed by atoms with E-state index in [1.807, 2.05) is 50.8 Å². The van der Waals surface area contributed by atoms with Crippen molar-refractivity contribution in [1.82, 2.24) is 14.8 Å². The Morgan fingerprint density at radius 1 is 1.26 bits per heavy atom. The molecule has 0 atom stereocenters. The highest BCUT2D eigenvalue weighted by atomic mass is 32.1. The summed E-state index contributed by atoms with van der Waals surface area (Å²) in [6.45, 7) is 12.7. The smallest absolute Gasteiger partial charge is 0.253 e. The molecule has 1 fully saturated rings. The van der Waals surface area contributed by atoms with Crippen molar-refractivity contribution in [3.8, 4) is 11.3 Å². The first-order valence-electron chi connectivity index (χ1n) is 13.4. The van der Waals surface area contributed by atoms with E-state index in [9.17, 15) is 9.59 Å². The molecule has 7 nitrogen and oxygen atoms in total. The van der Waals surface area contributed by atoms with Gasteiger partial charge >= 0.3 is 0 Å². The number of nitrogens with one attached hydrogen (secondary N) is 2. The van der Waals surface area contributed by atoms with Gasteiger partial charge in [-0.25, -0.2) is 4.98 Å². The number of benzene rings is 1. The first-order valence-corrected chi connectivity index (χ1v) is 14.3. The van der Waals surface area contributed by atoms with Crippen molar-refractivity contribution in [3.63, 3.8) is 0 Å². The summed E-state index contributed by atoms with van der Waals surface area (Å²) >= 11 is 1.35. The maximum Gasteiger partial charge on any atom is 0.253 e. The minimum absolute atomic E-state index is 0.112. The zero-order valence-electron chi connectivity index (χ0n) is 23.3. The van der Waals surface area contributed by atoms with Crippen LogP contribution in [0.15, 0.2) is 48.1 Å². The van der Waals surface area contributed by atoms with Crippen molar-refractivity contribution in [2.75, 3.05) is 25.1 Å².